The van der Waals surface area contributed by atoms with Gasteiger partial charge in [-0.05, 0) is 61.6 Å². The Hall–Kier alpha value is -1.22. The third kappa shape index (κ3) is 3.70. The van der Waals surface area contributed by atoms with Gasteiger partial charge in [-0.15, -0.1) is 12.4 Å². The van der Waals surface area contributed by atoms with Crippen molar-refractivity contribution in [3.63, 3.8) is 0 Å². The van der Waals surface area contributed by atoms with E-state index < -0.39 is 0 Å². The summed E-state index contributed by atoms with van der Waals surface area (Å²) >= 11 is 0. The molecular formula is C17H25ClN2O. The van der Waals surface area contributed by atoms with Gasteiger partial charge >= 0.3 is 0 Å². The fraction of sp³-hybridized carbons (Fsp3) is 0.588. The second-order valence-electron chi connectivity index (χ2n) is 6.61. The number of anilines is 1. The highest BCUT2D eigenvalue weighted by atomic mass is 35.5. The third-order valence-electron chi connectivity index (χ3n) is 5.17. The monoisotopic (exact) mass is 308 g/mol. The van der Waals surface area contributed by atoms with Crippen molar-refractivity contribution < 1.29 is 4.79 Å². The summed E-state index contributed by atoms with van der Waals surface area (Å²) in [5, 5.41) is 3.20. The van der Waals surface area contributed by atoms with Crippen molar-refractivity contribution in [3.05, 3.63) is 29.8 Å². The van der Waals surface area contributed by atoms with E-state index in [1.165, 1.54) is 25.7 Å². The Morgan fingerprint density at radius 2 is 2.00 bits per heavy atom. The Labute approximate surface area is 133 Å². The van der Waals surface area contributed by atoms with E-state index in [4.69, 9.17) is 5.73 Å². The van der Waals surface area contributed by atoms with E-state index in [-0.39, 0.29) is 18.3 Å². The topological polar surface area (TPSA) is 55.1 Å². The summed E-state index contributed by atoms with van der Waals surface area (Å²) in [4.78, 5) is 12.1. The van der Waals surface area contributed by atoms with E-state index in [1.807, 2.05) is 24.3 Å². The summed E-state index contributed by atoms with van der Waals surface area (Å²) in [5.74, 6) is 2.61. The predicted octanol–water partition coefficient (Wildman–Crippen LogP) is 3.17. The van der Waals surface area contributed by atoms with Crippen molar-refractivity contribution in [1.29, 1.82) is 0 Å². The molecule has 2 aliphatic rings. The number of carbonyl (C=O) groups is 1. The average molecular weight is 309 g/mol. The van der Waals surface area contributed by atoms with Crippen molar-refractivity contribution in [3.8, 4) is 0 Å². The van der Waals surface area contributed by atoms with E-state index in [0.29, 0.717) is 18.4 Å². The Balaban J connectivity index is 0.00000161. The molecule has 4 atom stereocenters. The molecule has 3 nitrogen and oxygen atoms in total. The van der Waals surface area contributed by atoms with Gasteiger partial charge in [-0.3, -0.25) is 4.79 Å². The van der Waals surface area contributed by atoms with Crippen LogP contribution >= 0.6 is 12.4 Å². The van der Waals surface area contributed by atoms with Gasteiger partial charge < -0.3 is 11.1 Å². The van der Waals surface area contributed by atoms with Gasteiger partial charge in [-0.25, -0.2) is 0 Å². The van der Waals surface area contributed by atoms with Gasteiger partial charge in [0.05, 0.1) is 6.42 Å². The Morgan fingerprint density at radius 1 is 1.29 bits per heavy atom. The molecule has 0 radical (unpaired) electrons. The number of fused-ring (bicyclic) bond motifs is 2. The molecule has 3 rings (SSSR count). The maximum atomic E-state index is 12.1. The first kappa shape index (κ1) is 16.2. The molecule has 0 aromatic heterocycles. The Morgan fingerprint density at radius 3 is 2.57 bits per heavy atom. The summed E-state index contributed by atoms with van der Waals surface area (Å²) in [5.41, 5.74) is 7.42. The number of carbonyl (C=O) groups excluding carboxylic acids is 1. The molecular weight excluding hydrogens is 284 g/mol. The molecule has 1 aromatic rings. The van der Waals surface area contributed by atoms with Gasteiger partial charge in [0.1, 0.15) is 0 Å². The second kappa shape index (κ2) is 6.69. The van der Waals surface area contributed by atoms with E-state index in [2.05, 4.69) is 12.2 Å². The van der Waals surface area contributed by atoms with Crippen molar-refractivity contribution in [2.45, 2.75) is 45.1 Å². The zero-order valence-electron chi connectivity index (χ0n) is 12.5. The smallest absolute Gasteiger partial charge is 0.224 e. The minimum Gasteiger partial charge on any atom is -0.399 e. The summed E-state index contributed by atoms with van der Waals surface area (Å²) in [6.07, 6.45) is 5.93. The Kier molecular flexibility index (Phi) is 5.15. The van der Waals surface area contributed by atoms with Crippen LogP contribution in [0.5, 0.6) is 0 Å². The molecule has 0 aliphatic heterocycles. The zero-order valence-corrected chi connectivity index (χ0v) is 13.4. The van der Waals surface area contributed by atoms with Gasteiger partial charge in [-0.2, -0.15) is 0 Å². The van der Waals surface area contributed by atoms with Crippen LogP contribution in [-0.2, 0) is 11.2 Å². The van der Waals surface area contributed by atoms with Crippen LogP contribution in [0.4, 0.5) is 5.69 Å². The van der Waals surface area contributed by atoms with Crippen molar-refractivity contribution in [1.82, 2.24) is 5.32 Å². The molecule has 0 saturated heterocycles. The first-order chi connectivity index (χ1) is 9.61. The molecule has 3 N–H and O–H groups in total. The third-order valence-corrected chi connectivity index (χ3v) is 5.17. The number of benzene rings is 1. The molecule has 21 heavy (non-hydrogen) atoms. The normalized spacial score (nSPS) is 28.0. The molecule has 2 fully saturated rings. The van der Waals surface area contributed by atoms with Crippen LogP contribution in [0.15, 0.2) is 24.3 Å². The summed E-state index contributed by atoms with van der Waals surface area (Å²) in [6.45, 7) is 2.17. The van der Waals surface area contributed by atoms with Crippen molar-refractivity contribution in [2.75, 3.05) is 5.73 Å². The fourth-order valence-corrected chi connectivity index (χ4v) is 4.14. The Bertz CT molecular complexity index is 488. The van der Waals surface area contributed by atoms with E-state index in [0.717, 1.165) is 23.1 Å². The van der Waals surface area contributed by atoms with Crippen LogP contribution in [0.2, 0.25) is 0 Å². The van der Waals surface area contributed by atoms with Crippen LogP contribution in [0, 0.1) is 17.8 Å². The molecule has 2 aliphatic carbocycles. The van der Waals surface area contributed by atoms with Gasteiger partial charge in [0.25, 0.3) is 0 Å². The first-order valence-electron chi connectivity index (χ1n) is 7.75. The van der Waals surface area contributed by atoms with Gasteiger partial charge in [0.15, 0.2) is 0 Å². The summed E-state index contributed by atoms with van der Waals surface area (Å²) < 4.78 is 0. The zero-order chi connectivity index (χ0) is 14.1. The molecule has 4 unspecified atom stereocenters. The molecule has 1 amide bonds. The lowest BCUT2D eigenvalue weighted by Gasteiger charge is -2.28. The standard InChI is InChI=1S/C17H24N2O.ClH/c1-11(16-9-13-2-5-14(16)8-13)19-17(20)10-12-3-6-15(18)7-4-12;/h3-4,6-7,11,13-14,16H,2,5,8-10,18H2,1H3,(H,19,20);1H. The SMILES string of the molecule is CC(NC(=O)Cc1ccc(N)cc1)C1CC2CCC1C2.Cl. The lowest BCUT2D eigenvalue weighted by Crippen LogP contribution is -2.40. The molecule has 0 heterocycles. The van der Waals surface area contributed by atoms with Crippen LogP contribution in [0.25, 0.3) is 0 Å². The van der Waals surface area contributed by atoms with Crippen LogP contribution in [0.3, 0.4) is 0 Å². The largest absolute Gasteiger partial charge is 0.399 e. The first-order valence-corrected chi connectivity index (χ1v) is 7.75. The van der Waals surface area contributed by atoms with Gasteiger partial charge in [0, 0.05) is 11.7 Å². The highest BCUT2D eigenvalue weighted by Crippen LogP contribution is 2.49. The lowest BCUT2D eigenvalue weighted by molar-refractivity contribution is -0.121. The highest BCUT2D eigenvalue weighted by Gasteiger charge is 2.42. The van der Waals surface area contributed by atoms with Crippen molar-refractivity contribution in [2.24, 2.45) is 17.8 Å². The second-order valence-corrected chi connectivity index (χ2v) is 6.61. The molecule has 1 aromatic carbocycles. The number of hydrogen-bond donors (Lipinski definition) is 2. The number of halogens is 1. The number of nitrogens with two attached hydrogens (primary N) is 1. The molecule has 116 valence electrons. The quantitative estimate of drug-likeness (QED) is 0.839. The molecule has 2 saturated carbocycles. The molecule has 2 bridgehead atoms. The number of rotatable bonds is 4. The summed E-state index contributed by atoms with van der Waals surface area (Å²) in [7, 11) is 0. The summed E-state index contributed by atoms with van der Waals surface area (Å²) in [6, 6.07) is 7.87. The molecule has 0 spiro atoms. The van der Waals surface area contributed by atoms with Crippen LogP contribution in [-0.4, -0.2) is 11.9 Å². The van der Waals surface area contributed by atoms with Crippen LogP contribution < -0.4 is 11.1 Å². The predicted molar refractivity (Wildman–Crippen MR) is 88.3 cm³/mol. The van der Waals surface area contributed by atoms with Crippen molar-refractivity contribution >= 4 is 24.0 Å². The highest BCUT2D eigenvalue weighted by molar-refractivity contribution is 5.85. The number of amides is 1. The van der Waals surface area contributed by atoms with E-state index >= 15 is 0 Å². The minimum absolute atomic E-state index is 0. The maximum Gasteiger partial charge on any atom is 0.224 e. The van der Waals surface area contributed by atoms with E-state index in [1.54, 1.807) is 0 Å². The molecule has 4 heteroatoms. The number of hydrogen-bond acceptors (Lipinski definition) is 2. The lowest BCUT2D eigenvalue weighted by atomic mass is 9.84. The van der Waals surface area contributed by atoms with Gasteiger partial charge in [-0.1, -0.05) is 18.6 Å². The maximum absolute atomic E-state index is 12.1. The number of nitrogen functional groups attached to an aromatic ring is 1. The van der Waals surface area contributed by atoms with Crippen LogP contribution in [0.1, 0.15) is 38.2 Å². The van der Waals surface area contributed by atoms with Gasteiger partial charge in [0.2, 0.25) is 5.91 Å². The minimum atomic E-state index is 0. The fourth-order valence-electron chi connectivity index (χ4n) is 4.14. The average Bonchev–Trinajstić information content (AvgIpc) is 3.03. The van der Waals surface area contributed by atoms with E-state index in [9.17, 15) is 4.79 Å². The number of nitrogens with one attached hydrogen (secondary N) is 1.